The molecule has 0 saturated heterocycles. The van der Waals surface area contributed by atoms with Gasteiger partial charge >= 0.3 is 29.6 Å². The maximum atomic E-state index is 12.2. The van der Waals surface area contributed by atoms with Crippen molar-refractivity contribution in [2.75, 3.05) is 11.1 Å². The molecule has 5 N–H and O–H groups in total. The Labute approximate surface area is 222 Å². The number of aromatic nitrogens is 1. The fraction of sp³-hybridized carbons (Fsp3) is 0.130. The van der Waals surface area contributed by atoms with Crippen LogP contribution in [0.1, 0.15) is 18.4 Å². The molecule has 1 amide bonds. The minimum Gasteiger partial charge on any atom is -0.550 e. The molecule has 0 aliphatic heterocycles. The van der Waals surface area contributed by atoms with Gasteiger partial charge in [-0.1, -0.05) is 29.8 Å². The van der Waals surface area contributed by atoms with Crippen molar-refractivity contribution in [3.8, 4) is 34.2 Å². The van der Waals surface area contributed by atoms with Gasteiger partial charge in [-0.25, -0.2) is 4.98 Å². The van der Waals surface area contributed by atoms with Crippen LogP contribution in [0.25, 0.3) is 22.4 Å². The van der Waals surface area contributed by atoms with E-state index in [1.54, 1.807) is 30.3 Å². The Hall–Kier alpha value is -3.13. The number of carboxylic acid groups (broad SMARTS) is 1. The molecule has 0 saturated carbocycles. The Morgan fingerprint density at radius 2 is 1.91 bits per heavy atom. The third kappa shape index (κ3) is 6.26. The first-order valence-electron chi connectivity index (χ1n) is 9.69. The Bertz CT molecular complexity index is 1280. The third-order valence-electron chi connectivity index (χ3n) is 4.80. The molecule has 0 aliphatic carbocycles. The fourth-order valence-corrected chi connectivity index (χ4v) is 3.29. The van der Waals surface area contributed by atoms with Crippen LogP contribution in [0, 0.1) is 11.3 Å². The summed E-state index contributed by atoms with van der Waals surface area (Å²) in [6, 6.07) is 14.7. The van der Waals surface area contributed by atoms with Crippen LogP contribution in [-0.4, -0.2) is 33.2 Å². The average Bonchev–Trinajstić information content (AvgIpc) is 2.78. The molecular weight excluding hydrogens is 471 g/mol. The molecule has 1 atom stereocenters. The monoisotopic (exact) mass is 488 g/mol. The number of pyridine rings is 1. The molecule has 34 heavy (non-hydrogen) atoms. The SMILES string of the molecule is N#Cc1c(-c2ccc(Cl)c(NC(=O)C(O)CCC(=O)[O-])c2)cc(-c2ccccc2O)nc1N.[Na+]. The van der Waals surface area contributed by atoms with E-state index in [-0.39, 0.29) is 63.8 Å². The van der Waals surface area contributed by atoms with E-state index >= 15 is 0 Å². The van der Waals surface area contributed by atoms with Crippen molar-refractivity contribution in [1.29, 1.82) is 5.26 Å². The van der Waals surface area contributed by atoms with Crippen LogP contribution in [0.4, 0.5) is 11.5 Å². The van der Waals surface area contributed by atoms with Gasteiger partial charge in [0.2, 0.25) is 0 Å². The first kappa shape index (κ1) is 27.1. The van der Waals surface area contributed by atoms with E-state index in [2.05, 4.69) is 10.3 Å². The van der Waals surface area contributed by atoms with Crippen LogP contribution in [0.2, 0.25) is 5.02 Å². The van der Waals surface area contributed by atoms with E-state index in [4.69, 9.17) is 17.3 Å². The number of rotatable bonds is 7. The molecule has 3 aromatic rings. The zero-order valence-electron chi connectivity index (χ0n) is 18.1. The largest absolute Gasteiger partial charge is 1.00 e. The molecule has 168 valence electrons. The van der Waals surface area contributed by atoms with Gasteiger partial charge in [0.15, 0.2) is 0 Å². The van der Waals surface area contributed by atoms with Crippen LogP contribution in [0.5, 0.6) is 5.75 Å². The van der Waals surface area contributed by atoms with Gasteiger partial charge in [-0.15, -0.1) is 0 Å². The standard InChI is InChI=1S/C23H19ClN4O5.Na/c24-16-6-5-12(9-18(16)28-23(33)20(30)7-8-21(31)32)14-10-17(27-22(26)15(14)11-25)13-3-1-2-4-19(13)29;/h1-6,9-10,20,29-30H,7-8H2,(H2,26,27)(H,28,33)(H,31,32);/q;+1/p-1. The van der Waals surface area contributed by atoms with Gasteiger partial charge in [-0.3, -0.25) is 4.79 Å². The second-order valence-electron chi connectivity index (χ2n) is 7.05. The molecule has 1 aromatic heterocycles. The van der Waals surface area contributed by atoms with E-state index in [1.807, 2.05) is 6.07 Å². The van der Waals surface area contributed by atoms with Crippen LogP contribution >= 0.6 is 11.6 Å². The molecule has 0 spiro atoms. The summed E-state index contributed by atoms with van der Waals surface area (Å²) in [5.41, 5.74) is 7.81. The van der Waals surface area contributed by atoms with E-state index in [9.17, 15) is 30.2 Å². The number of carbonyl (C=O) groups is 2. The maximum Gasteiger partial charge on any atom is 1.00 e. The van der Waals surface area contributed by atoms with Crippen molar-refractivity contribution < 1.29 is 54.5 Å². The molecule has 0 radical (unpaired) electrons. The van der Waals surface area contributed by atoms with E-state index in [0.717, 1.165) is 0 Å². The third-order valence-corrected chi connectivity index (χ3v) is 5.13. The quantitative estimate of drug-likeness (QED) is 0.308. The van der Waals surface area contributed by atoms with Gasteiger partial charge in [0, 0.05) is 17.1 Å². The zero-order chi connectivity index (χ0) is 24.1. The Morgan fingerprint density at radius 1 is 1.21 bits per heavy atom. The molecule has 2 aromatic carbocycles. The van der Waals surface area contributed by atoms with E-state index in [1.165, 1.54) is 18.2 Å². The number of halogens is 1. The van der Waals surface area contributed by atoms with Gasteiger partial charge in [0.05, 0.1) is 16.4 Å². The summed E-state index contributed by atoms with van der Waals surface area (Å²) in [5, 5.41) is 42.8. The first-order chi connectivity index (χ1) is 15.7. The predicted octanol–water partition coefficient (Wildman–Crippen LogP) is -0.938. The van der Waals surface area contributed by atoms with Crippen LogP contribution in [0.15, 0.2) is 48.5 Å². The van der Waals surface area contributed by atoms with Crippen molar-refractivity contribution >= 4 is 35.0 Å². The molecule has 1 unspecified atom stereocenters. The number of amides is 1. The number of aliphatic hydroxyl groups is 1. The average molecular weight is 489 g/mol. The Morgan fingerprint density at radius 3 is 2.56 bits per heavy atom. The van der Waals surface area contributed by atoms with Crippen molar-refractivity contribution in [2.45, 2.75) is 18.9 Å². The maximum absolute atomic E-state index is 12.2. The van der Waals surface area contributed by atoms with E-state index in [0.29, 0.717) is 22.4 Å². The molecule has 9 nitrogen and oxygen atoms in total. The number of nitrogen functional groups attached to an aromatic ring is 1. The van der Waals surface area contributed by atoms with Crippen molar-refractivity contribution in [2.24, 2.45) is 0 Å². The number of phenols is 1. The molecular formula is C23H18ClN4NaO5. The van der Waals surface area contributed by atoms with Gasteiger partial charge < -0.3 is 31.2 Å². The smallest absolute Gasteiger partial charge is 0.550 e. The number of aliphatic hydroxyl groups excluding tert-OH is 1. The van der Waals surface area contributed by atoms with Crippen molar-refractivity contribution in [1.82, 2.24) is 4.98 Å². The topological polar surface area (TPSA) is 172 Å². The van der Waals surface area contributed by atoms with Crippen molar-refractivity contribution in [3.63, 3.8) is 0 Å². The molecule has 0 bridgehead atoms. The molecule has 1 heterocycles. The number of para-hydroxylation sites is 1. The summed E-state index contributed by atoms with van der Waals surface area (Å²) in [4.78, 5) is 27.0. The summed E-state index contributed by atoms with van der Waals surface area (Å²) < 4.78 is 0. The number of phenolic OH excluding ortho intramolecular Hbond substituents is 1. The second kappa shape index (κ2) is 11.8. The predicted molar refractivity (Wildman–Crippen MR) is 120 cm³/mol. The molecule has 11 heteroatoms. The van der Waals surface area contributed by atoms with Crippen LogP contribution < -0.4 is 45.7 Å². The number of nitrogens with two attached hydrogens (primary N) is 1. The Kier molecular flexibility index (Phi) is 9.44. The molecule has 3 rings (SSSR count). The number of aliphatic carboxylic acids is 1. The minimum atomic E-state index is -1.58. The normalized spacial score (nSPS) is 11.1. The second-order valence-corrected chi connectivity index (χ2v) is 7.46. The number of hydrogen-bond acceptors (Lipinski definition) is 8. The van der Waals surface area contributed by atoms with Crippen LogP contribution in [-0.2, 0) is 9.59 Å². The van der Waals surface area contributed by atoms with E-state index < -0.39 is 24.4 Å². The zero-order valence-corrected chi connectivity index (χ0v) is 20.8. The number of benzene rings is 2. The number of carboxylic acids is 1. The number of carbonyl (C=O) groups excluding carboxylic acids is 2. The summed E-state index contributed by atoms with van der Waals surface area (Å²) in [6.45, 7) is 0. The fourth-order valence-electron chi connectivity index (χ4n) is 3.13. The van der Waals surface area contributed by atoms with Gasteiger partial charge in [0.1, 0.15) is 29.3 Å². The number of hydrogen-bond donors (Lipinski definition) is 4. The number of nitrogens with one attached hydrogen (secondary N) is 1. The van der Waals surface area contributed by atoms with Gasteiger partial charge in [-0.05, 0) is 48.7 Å². The molecule has 0 aliphatic rings. The summed E-state index contributed by atoms with van der Waals surface area (Å²) in [5.74, 6) is -2.30. The summed E-state index contributed by atoms with van der Waals surface area (Å²) >= 11 is 6.18. The number of nitrogens with zero attached hydrogens (tertiary/aromatic N) is 2. The van der Waals surface area contributed by atoms with Crippen LogP contribution in [0.3, 0.4) is 0 Å². The Balaban J connectivity index is 0.00000408. The summed E-state index contributed by atoms with van der Waals surface area (Å²) in [6.07, 6.45) is -2.39. The number of nitriles is 1. The first-order valence-corrected chi connectivity index (χ1v) is 10.1. The molecule has 0 fully saturated rings. The van der Waals surface area contributed by atoms with Crippen molar-refractivity contribution in [3.05, 3.63) is 59.1 Å². The van der Waals surface area contributed by atoms with Gasteiger partial charge in [0.25, 0.3) is 5.91 Å². The van der Waals surface area contributed by atoms with Gasteiger partial charge in [-0.2, -0.15) is 5.26 Å². The number of aromatic hydroxyl groups is 1. The summed E-state index contributed by atoms with van der Waals surface area (Å²) in [7, 11) is 0. The minimum absolute atomic E-state index is 0. The number of anilines is 2.